The van der Waals surface area contributed by atoms with E-state index in [0.29, 0.717) is 0 Å². The van der Waals surface area contributed by atoms with Crippen LogP contribution in [0.2, 0.25) is 0 Å². The average molecular weight is 386 g/mol. The maximum atomic E-state index is 5.99. The standard InChI is InChI=1S/C15H12Cl3N4P/c16-15(17,18)13-20-14(19)22-23(21-13,11-7-3-1-4-8-11)12-9-5-2-6-10-12/h1-10H,(H2,19,20,21). The van der Waals surface area contributed by atoms with E-state index in [1.54, 1.807) is 0 Å². The van der Waals surface area contributed by atoms with Gasteiger partial charge in [0.2, 0.25) is 9.75 Å². The van der Waals surface area contributed by atoms with Crippen LogP contribution in [0.25, 0.3) is 0 Å². The summed E-state index contributed by atoms with van der Waals surface area (Å²) >= 11 is 18.0. The minimum atomic E-state index is -2.60. The van der Waals surface area contributed by atoms with Crippen molar-refractivity contribution >= 4 is 64.4 Å². The molecule has 0 saturated heterocycles. The highest BCUT2D eigenvalue weighted by Gasteiger charge is 2.36. The second-order valence-electron chi connectivity index (χ2n) is 4.76. The molecule has 1 aliphatic rings. The number of nitrogens with two attached hydrogens (primary N) is 1. The van der Waals surface area contributed by atoms with Crippen molar-refractivity contribution in [2.75, 3.05) is 0 Å². The molecule has 2 N–H and O–H groups in total. The van der Waals surface area contributed by atoms with Gasteiger partial charge >= 0.3 is 0 Å². The summed E-state index contributed by atoms with van der Waals surface area (Å²) in [6.07, 6.45) is 0. The van der Waals surface area contributed by atoms with Crippen LogP contribution < -0.4 is 16.3 Å². The van der Waals surface area contributed by atoms with Crippen molar-refractivity contribution in [2.24, 2.45) is 20.2 Å². The summed E-state index contributed by atoms with van der Waals surface area (Å²) in [6, 6.07) is 19.3. The molecule has 0 atom stereocenters. The number of hydrogen-bond donors (Lipinski definition) is 1. The third-order valence-corrected chi connectivity index (χ3v) is 6.71. The SMILES string of the molecule is NC1=NC(C(Cl)(Cl)Cl)=NP(c2ccccc2)(c2ccccc2)=N1. The molecule has 118 valence electrons. The topological polar surface area (TPSA) is 63.1 Å². The Morgan fingerprint density at radius 2 is 1.30 bits per heavy atom. The molecule has 0 amide bonds. The Labute approximate surface area is 149 Å². The van der Waals surface area contributed by atoms with Gasteiger partial charge in [-0.2, -0.15) is 4.99 Å². The van der Waals surface area contributed by atoms with E-state index in [1.807, 2.05) is 60.7 Å². The lowest BCUT2D eigenvalue weighted by molar-refractivity contribution is 1.36. The van der Waals surface area contributed by atoms with Crippen LogP contribution in [0, 0.1) is 0 Å². The molecule has 0 saturated carbocycles. The van der Waals surface area contributed by atoms with Crippen molar-refractivity contribution in [3.05, 3.63) is 60.7 Å². The monoisotopic (exact) mass is 384 g/mol. The molecule has 0 bridgehead atoms. The largest absolute Gasteiger partial charge is 0.368 e. The molecular formula is C15H12Cl3N4P. The van der Waals surface area contributed by atoms with Crippen LogP contribution in [0.1, 0.15) is 0 Å². The molecule has 0 fully saturated rings. The van der Waals surface area contributed by atoms with Gasteiger partial charge in [0.25, 0.3) is 0 Å². The van der Waals surface area contributed by atoms with Gasteiger partial charge in [0.15, 0.2) is 5.84 Å². The predicted octanol–water partition coefficient (Wildman–Crippen LogP) is 3.85. The van der Waals surface area contributed by atoms with Gasteiger partial charge in [-0.25, -0.2) is 9.51 Å². The first-order valence-corrected chi connectivity index (χ1v) is 9.50. The Hall–Kier alpha value is -1.32. The molecule has 0 unspecified atom stereocenters. The number of guanidine groups is 1. The van der Waals surface area contributed by atoms with E-state index in [2.05, 4.69) is 14.5 Å². The fraction of sp³-hybridized carbons (Fsp3) is 0.0667. The Morgan fingerprint density at radius 1 is 0.826 bits per heavy atom. The number of benzene rings is 2. The van der Waals surface area contributed by atoms with Crippen LogP contribution in [-0.4, -0.2) is 15.6 Å². The van der Waals surface area contributed by atoms with Gasteiger partial charge in [-0.15, -0.1) is 0 Å². The molecule has 23 heavy (non-hydrogen) atoms. The number of amidine groups is 1. The molecule has 2 aromatic rings. The van der Waals surface area contributed by atoms with Crippen molar-refractivity contribution < 1.29 is 0 Å². The zero-order valence-corrected chi connectivity index (χ0v) is 14.9. The lowest BCUT2D eigenvalue weighted by Gasteiger charge is -2.26. The maximum absolute atomic E-state index is 5.99. The zero-order chi connectivity index (χ0) is 16.5. The Bertz CT molecular complexity index is 783. The van der Waals surface area contributed by atoms with Crippen molar-refractivity contribution in [1.29, 1.82) is 0 Å². The summed E-state index contributed by atoms with van der Waals surface area (Å²) in [4.78, 5) is 4.01. The first kappa shape index (κ1) is 16.5. The summed E-state index contributed by atoms with van der Waals surface area (Å²) < 4.78 is 7.50. The number of aliphatic imine (C=N–C) groups is 1. The first-order chi connectivity index (χ1) is 10.9. The smallest absolute Gasteiger partial charge is 0.250 e. The predicted molar refractivity (Wildman–Crippen MR) is 101 cm³/mol. The van der Waals surface area contributed by atoms with E-state index in [1.165, 1.54) is 0 Å². The minimum Gasteiger partial charge on any atom is -0.368 e. The normalized spacial score (nSPS) is 17.0. The van der Waals surface area contributed by atoms with Crippen molar-refractivity contribution in [1.82, 2.24) is 0 Å². The Balaban J connectivity index is 2.35. The second-order valence-corrected chi connectivity index (χ2v) is 9.68. The summed E-state index contributed by atoms with van der Waals surface area (Å²) in [7, 11) is -2.60. The van der Waals surface area contributed by atoms with E-state index in [-0.39, 0.29) is 11.8 Å². The first-order valence-electron chi connectivity index (χ1n) is 6.67. The summed E-state index contributed by atoms with van der Waals surface area (Å²) in [6.45, 7) is 0. The average Bonchev–Trinajstić information content (AvgIpc) is 2.55. The summed E-state index contributed by atoms with van der Waals surface area (Å²) in [5.41, 5.74) is 5.93. The third kappa shape index (κ3) is 3.31. The van der Waals surface area contributed by atoms with Crippen molar-refractivity contribution in [2.45, 2.75) is 3.79 Å². The molecule has 1 heterocycles. The maximum Gasteiger partial charge on any atom is 0.250 e. The molecule has 0 aliphatic carbocycles. The van der Waals surface area contributed by atoms with Crippen LogP contribution in [0.5, 0.6) is 0 Å². The Kier molecular flexibility index (Phi) is 4.52. The second kappa shape index (κ2) is 6.29. The fourth-order valence-corrected chi connectivity index (χ4v) is 5.45. The van der Waals surface area contributed by atoms with E-state index in [0.717, 1.165) is 10.6 Å². The van der Waals surface area contributed by atoms with Crippen molar-refractivity contribution in [3.63, 3.8) is 0 Å². The number of alkyl halides is 3. The molecule has 2 aromatic carbocycles. The van der Waals surface area contributed by atoms with E-state index < -0.39 is 11.0 Å². The summed E-state index contributed by atoms with van der Waals surface area (Å²) in [5, 5.41) is 1.83. The van der Waals surface area contributed by atoms with Gasteiger partial charge in [0, 0.05) is 10.6 Å². The van der Waals surface area contributed by atoms with E-state index in [4.69, 9.17) is 40.5 Å². The van der Waals surface area contributed by atoms with Crippen LogP contribution in [-0.2, 0) is 0 Å². The highest BCUT2D eigenvalue weighted by Crippen LogP contribution is 2.52. The molecular weight excluding hydrogens is 374 g/mol. The van der Waals surface area contributed by atoms with Gasteiger partial charge in [-0.3, -0.25) is 0 Å². The molecule has 1 aliphatic heterocycles. The van der Waals surface area contributed by atoms with Crippen LogP contribution in [0.4, 0.5) is 0 Å². The van der Waals surface area contributed by atoms with Crippen molar-refractivity contribution in [3.8, 4) is 0 Å². The number of hydrogen-bond acceptors (Lipinski definition) is 4. The molecule has 0 spiro atoms. The Morgan fingerprint density at radius 3 is 1.74 bits per heavy atom. The lowest BCUT2D eigenvalue weighted by Crippen LogP contribution is -2.28. The van der Waals surface area contributed by atoms with E-state index in [9.17, 15) is 0 Å². The van der Waals surface area contributed by atoms with Gasteiger partial charge in [0.05, 0.1) is 0 Å². The minimum absolute atomic E-state index is 0.0519. The third-order valence-electron chi connectivity index (χ3n) is 3.19. The number of nitrogens with zero attached hydrogens (tertiary/aromatic N) is 3. The molecule has 0 radical (unpaired) electrons. The quantitative estimate of drug-likeness (QED) is 0.619. The van der Waals surface area contributed by atoms with Gasteiger partial charge < -0.3 is 5.73 Å². The highest BCUT2D eigenvalue weighted by molar-refractivity contribution is 7.80. The van der Waals surface area contributed by atoms with E-state index >= 15 is 0 Å². The van der Waals surface area contributed by atoms with Crippen LogP contribution in [0.15, 0.2) is 75.2 Å². The zero-order valence-electron chi connectivity index (χ0n) is 11.8. The molecule has 3 rings (SSSR count). The molecule has 0 aromatic heterocycles. The van der Waals surface area contributed by atoms with Crippen LogP contribution >= 0.6 is 42.0 Å². The number of rotatable bonds is 2. The van der Waals surface area contributed by atoms with Crippen LogP contribution in [0.3, 0.4) is 0 Å². The van der Waals surface area contributed by atoms with Gasteiger partial charge in [-0.05, 0) is 0 Å². The molecule has 4 nitrogen and oxygen atoms in total. The highest BCUT2D eigenvalue weighted by atomic mass is 35.6. The molecule has 8 heteroatoms. The lowest BCUT2D eigenvalue weighted by atomic mass is 10.4. The number of halogens is 3. The summed E-state index contributed by atoms with van der Waals surface area (Å²) in [5.74, 6) is 0.110. The van der Waals surface area contributed by atoms with Gasteiger partial charge in [0.1, 0.15) is 7.21 Å². The van der Waals surface area contributed by atoms with Gasteiger partial charge in [-0.1, -0.05) is 95.5 Å². The fourth-order valence-electron chi connectivity index (χ4n) is 2.23.